The minimum absolute atomic E-state index is 0.0300. The highest BCUT2D eigenvalue weighted by Gasteiger charge is 2.15. The van der Waals surface area contributed by atoms with Gasteiger partial charge in [0.25, 0.3) is 5.91 Å². The van der Waals surface area contributed by atoms with Crippen LogP contribution in [0.2, 0.25) is 0 Å². The van der Waals surface area contributed by atoms with Crippen LogP contribution in [0.4, 0.5) is 8.78 Å². The van der Waals surface area contributed by atoms with Crippen molar-refractivity contribution in [3.05, 3.63) is 35.4 Å². The summed E-state index contributed by atoms with van der Waals surface area (Å²) in [7, 11) is 0. The first kappa shape index (κ1) is 14.9. The highest BCUT2D eigenvalue weighted by molar-refractivity contribution is 5.94. The third-order valence-electron chi connectivity index (χ3n) is 2.54. The third-order valence-corrected chi connectivity index (χ3v) is 2.54. The molecule has 0 aliphatic heterocycles. The summed E-state index contributed by atoms with van der Waals surface area (Å²) in [4.78, 5) is 11.8. The SMILES string of the molecule is CCC(CC(N)=NO)NC(=O)c1cc(F)cc(F)c1. The smallest absolute Gasteiger partial charge is 0.251 e. The Balaban J connectivity index is 2.77. The first-order valence-electron chi connectivity index (χ1n) is 5.69. The monoisotopic (exact) mass is 271 g/mol. The van der Waals surface area contributed by atoms with Gasteiger partial charge < -0.3 is 16.3 Å². The van der Waals surface area contributed by atoms with Gasteiger partial charge in [-0.25, -0.2) is 8.78 Å². The molecule has 104 valence electrons. The first-order valence-corrected chi connectivity index (χ1v) is 5.69. The lowest BCUT2D eigenvalue weighted by Gasteiger charge is -2.16. The number of hydrogen-bond acceptors (Lipinski definition) is 3. The molecule has 1 aromatic carbocycles. The number of nitrogens with one attached hydrogen (secondary N) is 1. The maximum absolute atomic E-state index is 13.0. The van der Waals surface area contributed by atoms with Gasteiger partial charge in [0.1, 0.15) is 17.5 Å². The van der Waals surface area contributed by atoms with Crippen molar-refractivity contribution < 1.29 is 18.8 Å². The minimum atomic E-state index is -0.824. The van der Waals surface area contributed by atoms with Gasteiger partial charge in [0, 0.05) is 24.1 Å². The fourth-order valence-corrected chi connectivity index (χ4v) is 1.54. The van der Waals surface area contributed by atoms with Crippen LogP contribution in [-0.4, -0.2) is 23.0 Å². The average molecular weight is 271 g/mol. The summed E-state index contributed by atoms with van der Waals surface area (Å²) in [6.45, 7) is 1.79. The summed E-state index contributed by atoms with van der Waals surface area (Å²) in [6.07, 6.45) is 0.677. The Morgan fingerprint density at radius 1 is 1.42 bits per heavy atom. The van der Waals surface area contributed by atoms with Crippen LogP contribution in [-0.2, 0) is 0 Å². The van der Waals surface area contributed by atoms with Gasteiger partial charge in [-0.2, -0.15) is 0 Å². The highest BCUT2D eigenvalue weighted by atomic mass is 19.1. The van der Waals surface area contributed by atoms with Crippen LogP contribution in [0.15, 0.2) is 23.4 Å². The second-order valence-corrected chi connectivity index (χ2v) is 4.03. The maximum Gasteiger partial charge on any atom is 0.251 e. The van der Waals surface area contributed by atoms with Gasteiger partial charge in [-0.3, -0.25) is 4.79 Å². The summed E-state index contributed by atoms with van der Waals surface area (Å²) in [5, 5.41) is 13.8. The van der Waals surface area contributed by atoms with E-state index in [9.17, 15) is 13.6 Å². The molecule has 5 nitrogen and oxygen atoms in total. The summed E-state index contributed by atoms with van der Waals surface area (Å²) in [6, 6.07) is 2.18. The number of nitrogens with zero attached hydrogens (tertiary/aromatic N) is 1. The lowest BCUT2D eigenvalue weighted by molar-refractivity contribution is 0.0936. The number of amides is 1. The van der Waals surface area contributed by atoms with E-state index in [-0.39, 0.29) is 23.9 Å². The molecule has 0 heterocycles. The van der Waals surface area contributed by atoms with Gasteiger partial charge in [-0.1, -0.05) is 12.1 Å². The quantitative estimate of drug-likeness (QED) is 0.329. The second-order valence-electron chi connectivity index (χ2n) is 4.03. The number of carbonyl (C=O) groups is 1. The largest absolute Gasteiger partial charge is 0.409 e. The van der Waals surface area contributed by atoms with Crippen LogP contribution in [0.5, 0.6) is 0 Å². The zero-order valence-corrected chi connectivity index (χ0v) is 10.4. The van der Waals surface area contributed by atoms with Crippen molar-refractivity contribution in [3.63, 3.8) is 0 Å². The molecule has 1 unspecified atom stereocenters. The van der Waals surface area contributed by atoms with Gasteiger partial charge in [-0.15, -0.1) is 0 Å². The van der Waals surface area contributed by atoms with Crippen molar-refractivity contribution in [2.45, 2.75) is 25.8 Å². The predicted molar refractivity (Wildman–Crippen MR) is 65.9 cm³/mol. The van der Waals surface area contributed by atoms with Crippen molar-refractivity contribution in [3.8, 4) is 0 Å². The van der Waals surface area contributed by atoms with E-state index in [1.54, 1.807) is 6.92 Å². The van der Waals surface area contributed by atoms with Gasteiger partial charge in [0.2, 0.25) is 0 Å². The van der Waals surface area contributed by atoms with E-state index in [1.807, 2.05) is 0 Å². The zero-order valence-electron chi connectivity index (χ0n) is 10.4. The van der Waals surface area contributed by atoms with E-state index >= 15 is 0 Å². The Morgan fingerprint density at radius 2 is 2.00 bits per heavy atom. The number of halogens is 2. The third kappa shape index (κ3) is 4.53. The van der Waals surface area contributed by atoms with Crippen LogP contribution in [0, 0.1) is 11.6 Å². The molecule has 0 aromatic heterocycles. The number of benzene rings is 1. The summed E-state index contributed by atoms with van der Waals surface area (Å²) in [5.41, 5.74) is 5.23. The summed E-state index contributed by atoms with van der Waals surface area (Å²) < 4.78 is 26.0. The van der Waals surface area contributed by atoms with Gasteiger partial charge in [-0.05, 0) is 18.6 Å². The normalized spacial score (nSPS) is 13.1. The molecule has 1 amide bonds. The van der Waals surface area contributed by atoms with Crippen molar-refractivity contribution >= 4 is 11.7 Å². The molecule has 1 atom stereocenters. The van der Waals surface area contributed by atoms with E-state index in [4.69, 9.17) is 10.9 Å². The van der Waals surface area contributed by atoms with E-state index in [1.165, 1.54) is 0 Å². The number of rotatable bonds is 5. The van der Waals surface area contributed by atoms with Crippen LogP contribution >= 0.6 is 0 Å². The highest BCUT2D eigenvalue weighted by Crippen LogP contribution is 2.09. The van der Waals surface area contributed by atoms with Crippen LogP contribution in [0.25, 0.3) is 0 Å². The lowest BCUT2D eigenvalue weighted by Crippen LogP contribution is -2.37. The van der Waals surface area contributed by atoms with Crippen molar-refractivity contribution in [2.24, 2.45) is 10.9 Å². The Labute approximate surface area is 109 Å². The van der Waals surface area contributed by atoms with Gasteiger partial charge >= 0.3 is 0 Å². The molecule has 0 radical (unpaired) electrons. The molecule has 0 fully saturated rings. The van der Waals surface area contributed by atoms with Crippen molar-refractivity contribution in [1.82, 2.24) is 5.32 Å². The zero-order chi connectivity index (χ0) is 14.4. The Morgan fingerprint density at radius 3 is 2.47 bits per heavy atom. The fraction of sp³-hybridized carbons (Fsp3) is 0.333. The fourth-order valence-electron chi connectivity index (χ4n) is 1.54. The Hall–Kier alpha value is -2.18. The first-order chi connectivity index (χ1) is 8.96. The molecular formula is C12H15F2N3O2. The summed E-state index contributed by atoms with van der Waals surface area (Å²) >= 11 is 0. The number of hydrogen-bond donors (Lipinski definition) is 3. The molecule has 0 saturated carbocycles. The van der Waals surface area contributed by atoms with Crippen LogP contribution in [0.3, 0.4) is 0 Å². The Bertz CT molecular complexity index is 472. The van der Waals surface area contributed by atoms with Crippen LogP contribution in [0.1, 0.15) is 30.1 Å². The lowest BCUT2D eigenvalue weighted by atomic mass is 10.1. The Kier molecular flexibility index (Phi) is 5.23. The molecule has 0 saturated heterocycles. The molecule has 1 aromatic rings. The van der Waals surface area contributed by atoms with E-state index < -0.39 is 17.5 Å². The van der Waals surface area contributed by atoms with Crippen molar-refractivity contribution in [1.29, 1.82) is 0 Å². The molecule has 0 bridgehead atoms. The standard InChI is InChI=1S/C12H15F2N3O2/c1-2-10(6-11(15)17-19)16-12(18)7-3-8(13)5-9(14)4-7/h3-5,10,19H,2,6H2,1H3,(H2,15,17)(H,16,18). The summed E-state index contributed by atoms with van der Waals surface area (Å²) in [5.74, 6) is -2.29. The minimum Gasteiger partial charge on any atom is -0.409 e. The van der Waals surface area contributed by atoms with E-state index in [0.29, 0.717) is 12.5 Å². The van der Waals surface area contributed by atoms with Gasteiger partial charge in [0.05, 0.1) is 0 Å². The van der Waals surface area contributed by atoms with Gasteiger partial charge in [0.15, 0.2) is 0 Å². The predicted octanol–water partition coefficient (Wildman–Crippen LogP) is 1.61. The topological polar surface area (TPSA) is 87.7 Å². The van der Waals surface area contributed by atoms with Crippen LogP contribution < -0.4 is 11.1 Å². The molecule has 0 aliphatic carbocycles. The maximum atomic E-state index is 13.0. The van der Waals surface area contributed by atoms with E-state index in [2.05, 4.69) is 10.5 Å². The molecular weight excluding hydrogens is 256 g/mol. The average Bonchev–Trinajstić information content (AvgIpc) is 2.36. The number of carbonyl (C=O) groups excluding carboxylic acids is 1. The molecule has 4 N–H and O–H groups in total. The molecule has 1 rings (SSSR count). The second kappa shape index (κ2) is 6.67. The molecule has 0 spiro atoms. The molecule has 0 aliphatic rings. The number of nitrogens with two attached hydrogens (primary N) is 1. The van der Waals surface area contributed by atoms with E-state index in [0.717, 1.165) is 12.1 Å². The molecule has 19 heavy (non-hydrogen) atoms. The molecule has 7 heteroatoms. The number of amidine groups is 1. The number of oxime groups is 1. The van der Waals surface area contributed by atoms with Crippen molar-refractivity contribution in [2.75, 3.05) is 0 Å².